The smallest absolute Gasteiger partial charge is 0.329 e. The lowest BCUT2D eigenvalue weighted by Gasteiger charge is -2.33. The molecule has 0 aromatic heterocycles. The molecule has 3 rings (SSSR count). The highest BCUT2D eigenvalue weighted by atomic mass is 35.5. The van der Waals surface area contributed by atoms with Crippen molar-refractivity contribution in [1.29, 1.82) is 0 Å². The molecule has 26 heavy (non-hydrogen) atoms. The van der Waals surface area contributed by atoms with Crippen molar-refractivity contribution >= 4 is 29.2 Å². The van der Waals surface area contributed by atoms with E-state index in [1.165, 1.54) is 5.56 Å². The van der Waals surface area contributed by atoms with E-state index in [0.29, 0.717) is 17.6 Å². The van der Waals surface area contributed by atoms with E-state index in [-0.39, 0.29) is 5.92 Å². The van der Waals surface area contributed by atoms with Crippen LogP contribution in [-0.4, -0.2) is 30.4 Å². The Morgan fingerprint density at radius 3 is 2.77 bits per heavy atom. The lowest BCUT2D eigenvalue weighted by molar-refractivity contribution is -0.105. The monoisotopic (exact) mass is 400 g/mol. The first-order chi connectivity index (χ1) is 12.2. The minimum atomic E-state index is -4.19. The number of rotatable bonds is 4. The van der Waals surface area contributed by atoms with Crippen molar-refractivity contribution in [3.8, 4) is 0 Å². The van der Waals surface area contributed by atoms with E-state index >= 15 is 0 Å². The first kappa shape index (κ1) is 19.4. The van der Waals surface area contributed by atoms with E-state index in [2.05, 4.69) is 15.7 Å². The van der Waals surface area contributed by atoms with Gasteiger partial charge in [0.2, 0.25) is 0 Å². The Kier molecular flexibility index (Phi) is 5.75. The molecule has 0 radical (unpaired) electrons. The molecule has 0 saturated carbocycles. The second-order valence-corrected chi connectivity index (χ2v) is 7.88. The normalized spacial score (nSPS) is 17.8. The number of likely N-dealkylation sites (N-methyl/N-ethyl adjacent to an activating group) is 1. The van der Waals surface area contributed by atoms with Crippen LogP contribution in [0.3, 0.4) is 0 Å². The number of nitrogens with one attached hydrogen (secondary N) is 1. The number of anilines is 1. The van der Waals surface area contributed by atoms with Gasteiger partial charge in [-0.05, 0) is 66.4 Å². The topological polar surface area (TPSA) is 15.3 Å². The molecule has 7 heteroatoms. The summed E-state index contributed by atoms with van der Waals surface area (Å²) in [5.74, 6) is -0.795. The van der Waals surface area contributed by atoms with Crippen LogP contribution in [0.25, 0.3) is 0 Å². The Morgan fingerprint density at radius 1 is 1.27 bits per heavy atom. The van der Waals surface area contributed by atoms with E-state index in [4.69, 9.17) is 11.6 Å². The summed E-state index contributed by atoms with van der Waals surface area (Å²) in [6.07, 6.45) is -4.19. The Morgan fingerprint density at radius 2 is 2.04 bits per heavy atom. The molecule has 1 atom stereocenters. The highest BCUT2D eigenvalue weighted by Crippen LogP contribution is 2.38. The predicted octanol–water partition coefficient (Wildman–Crippen LogP) is 5.85. The summed E-state index contributed by atoms with van der Waals surface area (Å²) in [6.45, 7) is 3.66. The van der Waals surface area contributed by atoms with Gasteiger partial charge in [0.05, 0.1) is 0 Å². The molecule has 1 aliphatic rings. The van der Waals surface area contributed by atoms with Gasteiger partial charge in [0.1, 0.15) is 5.75 Å². The molecule has 140 valence electrons. The van der Waals surface area contributed by atoms with Gasteiger partial charge >= 0.3 is 6.18 Å². The van der Waals surface area contributed by atoms with Crippen LogP contribution in [0.2, 0.25) is 5.02 Å². The molecule has 0 aliphatic carbocycles. The quantitative estimate of drug-likeness (QED) is 0.648. The van der Waals surface area contributed by atoms with Gasteiger partial charge in [-0.1, -0.05) is 29.8 Å². The molecular formula is C19H20ClF3N2S. The fourth-order valence-corrected chi connectivity index (χ4v) is 4.20. The van der Waals surface area contributed by atoms with Crippen LogP contribution in [-0.2, 0) is 6.54 Å². The molecule has 2 nitrogen and oxygen atoms in total. The van der Waals surface area contributed by atoms with Gasteiger partial charge in [-0.3, -0.25) is 0 Å². The number of nitrogens with zero attached hydrogens (tertiary/aromatic N) is 1. The third-order valence-corrected chi connectivity index (χ3v) is 5.58. The number of halogens is 4. The summed E-state index contributed by atoms with van der Waals surface area (Å²) in [4.78, 5) is 2.21. The summed E-state index contributed by atoms with van der Waals surface area (Å²) < 4.78 is 39.8. The zero-order valence-electron chi connectivity index (χ0n) is 14.5. The van der Waals surface area contributed by atoms with Gasteiger partial charge in [-0.25, -0.2) is 0 Å². The van der Waals surface area contributed by atoms with Crippen molar-refractivity contribution in [2.24, 2.45) is 0 Å². The van der Waals surface area contributed by atoms with Crippen molar-refractivity contribution in [2.45, 2.75) is 25.6 Å². The fraction of sp³-hybridized carbons (Fsp3) is 0.368. The Bertz CT molecular complexity index is 795. The van der Waals surface area contributed by atoms with Gasteiger partial charge in [0.15, 0.2) is 0 Å². The van der Waals surface area contributed by atoms with Crippen molar-refractivity contribution in [1.82, 2.24) is 4.90 Å². The fourth-order valence-electron chi connectivity index (χ4n) is 3.33. The van der Waals surface area contributed by atoms with Crippen LogP contribution in [0.1, 0.15) is 28.2 Å². The maximum atomic E-state index is 12.3. The van der Waals surface area contributed by atoms with Crippen molar-refractivity contribution in [2.75, 3.05) is 24.1 Å². The number of alkyl halides is 3. The minimum Gasteiger partial charge on any atom is -0.329 e. The summed E-state index contributed by atoms with van der Waals surface area (Å²) in [5.41, 5.74) is 5.18. The average molecular weight is 401 g/mol. The maximum Gasteiger partial charge on any atom is 0.399 e. The average Bonchev–Trinajstić information content (AvgIpc) is 2.54. The molecule has 0 amide bonds. The molecule has 0 bridgehead atoms. The molecule has 0 saturated heterocycles. The van der Waals surface area contributed by atoms with Crippen molar-refractivity contribution in [3.05, 3.63) is 63.7 Å². The SMILES string of the molecule is Cc1cc(Cl)c2c(c1)C(c1cccc(NSCC(F)(F)F)c1)CN(C)C2. The minimum absolute atomic E-state index is 0.135. The number of fused-ring (bicyclic) bond motifs is 1. The van der Waals surface area contributed by atoms with Crippen LogP contribution < -0.4 is 4.72 Å². The zero-order chi connectivity index (χ0) is 18.9. The molecule has 1 heterocycles. The van der Waals surface area contributed by atoms with Crippen LogP contribution >= 0.6 is 23.5 Å². The Balaban J connectivity index is 1.87. The highest BCUT2D eigenvalue weighted by Gasteiger charge is 2.28. The molecule has 2 aromatic rings. The second kappa shape index (κ2) is 7.71. The molecular weight excluding hydrogens is 381 g/mol. The van der Waals surface area contributed by atoms with E-state index in [1.54, 1.807) is 6.07 Å². The van der Waals surface area contributed by atoms with Crippen molar-refractivity contribution in [3.63, 3.8) is 0 Å². The highest BCUT2D eigenvalue weighted by molar-refractivity contribution is 8.00. The van der Waals surface area contributed by atoms with Gasteiger partial charge < -0.3 is 9.62 Å². The molecule has 1 unspecified atom stereocenters. The first-order valence-electron chi connectivity index (χ1n) is 8.25. The molecule has 1 N–H and O–H groups in total. The van der Waals surface area contributed by atoms with E-state index < -0.39 is 11.9 Å². The summed E-state index contributed by atoms with van der Waals surface area (Å²) in [5, 5.41) is 0.770. The number of hydrogen-bond acceptors (Lipinski definition) is 3. The van der Waals surface area contributed by atoms with E-state index in [1.807, 2.05) is 38.2 Å². The number of hydrogen-bond donors (Lipinski definition) is 1. The summed E-state index contributed by atoms with van der Waals surface area (Å²) in [7, 11) is 2.05. The second-order valence-electron chi connectivity index (χ2n) is 6.70. The van der Waals surface area contributed by atoms with Gasteiger partial charge in [-0.15, -0.1) is 0 Å². The largest absolute Gasteiger partial charge is 0.399 e. The molecule has 0 spiro atoms. The first-order valence-corrected chi connectivity index (χ1v) is 9.61. The standard InChI is InChI=1S/C19H20ClF3N2S/c1-12-6-15-16(9-25(2)10-17(15)18(20)7-12)13-4-3-5-14(8-13)24-26-11-19(21,22)23/h3-8,16,24H,9-11H2,1-2H3. The zero-order valence-corrected chi connectivity index (χ0v) is 16.1. The van der Waals surface area contributed by atoms with Crippen LogP contribution in [0.4, 0.5) is 18.9 Å². The Hall–Kier alpha value is -1.37. The van der Waals surface area contributed by atoms with Crippen LogP contribution in [0.15, 0.2) is 36.4 Å². The lowest BCUT2D eigenvalue weighted by atomic mass is 9.84. The predicted molar refractivity (Wildman–Crippen MR) is 103 cm³/mol. The van der Waals surface area contributed by atoms with E-state index in [9.17, 15) is 13.2 Å². The molecule has 1 aliphatic heterocycles. The van der Waals surface area contributed by atoms with Crippen LogP contribution in [0, 0.1) is 6.92 Å². The van der Waals surface area contributed by atoms with Gasteiger partial charge in [0, 0.05) is 29.7 Å². The van der Waals surface area contributed by atoms with Gasteiger partial charge in [-0.2, -0.15) is 13.2 Å². The third-order valence-electron chi connectivity index (χ3n) is 4.39. The lowest BCUT2D eigenvalue weighted by Crippen LogP contribution is -2.31. The third kappa shape index (κ3) is 4.67. The van der Waals surface area contributed by atoms with E-state index in [0.717, 1.165) is 34.8 Å². The maximum absolute atomic E-state index is 12.3. The number of aryl methyl sites for hydroxylation is 1. The summed E-state index contributed by atoms with van der Waals surface area (Å²) >= 11 is 7.11. The molecule has 0 fully saturated rings. The summed E-state index contributed by atoms with van der Waals surface area (Å²) in [6, 6.07) is 11.7. The molecule has 2 aromatic carbocycles. The number of benzene rings is 2. The van der Waals surface area contributed by atoms with Gasteiger partial charge in [0.25, 0.3) is 0 Å². The van der Waals surface area contributed by atoms with Crippen LogP contribution in [0.5, 0.6) is 0 Å². The Labute approximate surface area is 160 Å². The van der Waals surface area contributed by atoms with Crippen molar-refractivity contribution < 1.29 is 13.2 Å².